The standard InChI is InChI=1S/C42H80NO7P/c1-3-5-7-9-11-13-15-17-18-19-20-21-22-24-26-28-30-32-34-37-47-39-41(40-49-51(45,46)48-38-36-43)50-42(44)35-33-31-29-27-25-23-16-14-12-10-8-6-4-2/h6,8,12,14,23,25,41H,3-5,7,9-11,13,15-22,24,26-40,43H2,1-2H3,(H,45,46)/b8-6-,14-12-,25-23-. The molecule has 0 fully saturated rings. The maximum atomic E-state index is 12.5. The zero-order valence-corrected chi connectivity index (χ0v) is 34.0. The molecule has 300 valence electrons. The molecule has 3 N–H and O–H groups in total. The fraction of sp³-hybridized carbons (Fsp3) is 0.833. The molecule has 0 aliphatic carbocycles. The fourth-order valence-electron chi connectivity index (χ4n) is 5.78. The highest BCUT2D eigenvalue weighted by molar-refractivity contribution is 7.47. The molecule has 0 bridgehead atoms. The SMILES string of the molecule is CC/C=C\C/C=C\C/C=C\CCCCCC(=O)OC(COCCCCCCCCCCCCCCCCCCCCC)COP(=O)(O)OCCN. The van der Waals surface area contributed by atoms with E-state index in [0.717, 1.165) is 57.8 Å². The van der Waals surface area contributed by atoms with Gasteiger partial charge in [0.25, 0.3) is 0 Å². The lowest BCUT2D eigenvalue weighted by Gasteiger charge is -2.20. The summed E-state index contributed by atoms with van der Waals surface area (Å²) in [5, 5.41) is 0. The number of unbranched alkanes of at least 4 members (excludes halogenated alkanes) is 21. The molecule has 0 aliphatic heterocycles. The molecule has 2 unspecified atom stereocenters. The number of carbonyl (C=O) groups excluding carboxylic acids is 1. The Hall–Kier alpha value is -1.28. The van der Waals surface area contributed by atoms with E-state index >= 15 is 0 Å². The Morgan fingerprint density at radius 3 is 1.63 bits per heavy atom. The van der Waals surface area contributed by atoms with Gasteiger partial charge in [0.15, 0.2) is 0 Å². The molecular formula is C42H80NO7P. The van der Waals surface area contributed by atoms with Crippen molar-refractivity contribution in [3.05, 3.63) is 36.5 Å². The van der Waals surface area contributed by atoms with Crippen molar-refractivity contribution >= 4 is 13.8 Å². The van der Waals surface area contributed by atoms with Crippen LogP contribution >= 0.6 is 7.82 Å². The minimum Gasteiger partial charge on any atom is -0.457 e. The van der Waals surface area contributed by atoms with Gasteiger partial charge in [0, 0.05) is 19.6 Å². The molecule has 9 heteroatoms. The highest BCUT2D eigenvalue weighted by Crippen LogP contribution is 2.43. The average Bonchev–Trinajstić information content (AvgIpc) is 3.12. The zero-order chi connectivity index (χ0) is 37.4. The van der Waals surface area contributed by atoms with Crippen LogP contribution in [0.15, 0.2) is 36.5 Å². The third kappa shape index (κ3) is 39.8. The third-order valence-corrected chi connectivity index (χ3v) is 9.81. The molecule has 0 saturated heterocycles. The number of phosphoric acid groups is 1. The van der Waals surface area contributed by atoms with Gasteiger partial charge < -0.3 is 20.1 Å². The summed E-state index contributed by atoms with van der Waals surface area (Å²) in [6.07, 6.45) is 44.5. The predicted octanol–water partition coefficient (Wildman–Crippen LogP) is 12.2. The predicted molar refractivity (Wildman–Crippen MR) is 215 cm³/mol. The molecule has 0 aliphatic rings. The summed E-state index contributed by atoms with van der Waals surface area (Å²) in [6, 6.07) is 0. The quantitative estimate of drug-likeness (QED) is 0.0276. The molecule has 0 aromatic heterocycles. The van der Waals surface area contributed by atoms with E-state index < -0.39 is 13.9 Å². The first-order chi connectivity index (χ1) is 24.9. The largest absolute Gasteiger partial charge is 0.472 e. The van der Waals surface area contributed by atoms with E-state index in [1.807, 2.05) is 0 Å². The van der Waals surface area contributed by atoms with Gasteiger partial charge in [-0.2, -0.15) is 0 Å². The Morgan fingerprint density at radius 1 is 0.608 bits per heavy atom. The van der Waals surface area contributed by atoms with Crippen LogP contribution in [0.1, 0.15) is 187 Å². The van der Waals surface area contributed by atoms with Crippen LogP contribution in [-0.4, -0.2) is 49.9 Å². The van der Waals surface area contributed by atoms with Crippen molar-refractivity contribution in [2.75, 3.05) is 33.0 Å². The lowest BCUT2D eigenvalue weighted by Crippen LogP contribution is -2.28. The second kappa shape index (κ2) is 39.9. The molecule has 51 heavy (non-hydrogen) atoms. The lowest BCUT2D eigenvalue weighted by atomic mass is 10.0. The van der Waals surface area contributed by atoms with Crippen molar-refractivity contribution < 1.29 is 32.8 Å². The highest BCUT2D eigenvalue weighted by Gasteiger charge is 2.25. The van der Waals surface area contributed by atoms with Gasteiger partial charge >= 0.3 is 13.8 Å². The molecular weight excluding hydrogens is 661 g/mol. The lowest BCUT2D eigenvalue weighted by molar-refractivity contribution is -0.154. The van der Waals surface area contributed by atoms with Crippen molar-refractivity contribution in [3.8, 4) is 0 Å². The summed E-state index contributed by atoms with van der Waals surface area (Å²) in [5.41, 5.74) is 5.36. The summed E-state index contributed by atoms with van der Waals surface area (Å²) in [5.74, 6) is -0.357. The summed E-state index contributed by atoms with van der Waals surface area (Å²) in [6.45, 7) is 4.79. The number of carbonyl (C=O) groups is 1. The second-order valence-corrected chi connectivity index (χ2v) is 15.3. The normalized spacial score (nSPS) is 13.9. The highest BCUT2D eigenvalue weighted by atomic mass is 31.2. The van der Waals surface area contributed by atoms with E-state index in [2.05, 4.69) is 50.3 Å². The smallest absolute Gasteiger partial charge is 0.457 e. The van der Waals surface area contributed by atoms with Crippen LogP contribution in [0, 0.1) is 0 Å². The number of ether oxygens (including phenoxy) is 2. The summed E-state index contributed by atoms with van der Waals surface area (Å²) in [7, 11) is -4.28. The first-order valence-electron chi connectivity index (χ1n) is 21.0. The van der Waals surface area contributed by atoms with Crippen molar-refractivity contribution in [2.24, 2.45) is 5.73 Å². The van der Waals surface area contributed by atoms with Crippen LogP contribution in [0.25, 0.3) is 0 Å². The number of hydrogen-bond acceptors (Lipinski definition) is 7. The zero-order valence-electron chi connectivity index (χ0n) is 33.1. The first kappa shape index (κ1) is 49.7. The monoisotopic (exact) mass is 742 g/mol. The van der Waals surface area contributed by atoms with Gasteiger partial charge in [-0.05, 0) is 44.9 Å². The van der Waals surface area contributed by atoms with Crippen molar-refractivity contribution in [3.63, 3.8) is 0 Å². The Kier molecular flexibility index (Phi) is 38.9. The molecule has 0 saturated carbocycles. The van der Waals surface area contributed by atoms with E-state index in [1.165, 1.54) is 109 Å². The maximum absolute atomic E-state index is 12.5. The summed E-state index contributed by atoms with van der Waals surface area (Å²) in [4.78, 5) is 22.4. The Morgan fingerprint density at radius 2 is 1.10 bits per heavy atom. The van der Waals surface area contributed by atoms with Crippen LogP contribution < -0.4 is 5.73 Å². The maximum Gasteiger partial charge on any atom is 0.472 e. The number of allylic oxidation sites excluding steroid dienone is 6. The molecule has 0 spiro atoms. The van der Waals surface area contributed by atoms with E-state index in [4.69, 9.17) is 24.3 Å². The van der Waals surface area contributed by atoms with Gasteiger partial charge in [-0.3, -0.25) is 13.8 Å². The van der Waals surface area contributed by atoms with Gasteiger partial charge in [0.2, 0.25) is 0 Å². The van der Waals surface area contributed by atoms with Gasteiger partial charge in [-0.15, -0.1) is 0 Å². The van der Waals surface area contributed by atoms with Crippen molar-refractivity contribution in [1.82, 2.24) is 0 Å². The summed E-state index contributed by atoms with van der Waals surface area (Å²) < 4.78 is 33.3. The van der Waals surface area contributed by atoms with Crippen LogP contribution in [0.5, 0.6) is 0 Å². The van der Waals surface area contributed by atoms with Crippen molar-refractivity contribution in [2.45, 2.75) is 193 Å². The number of esters is 1. The van der Waals surface area contributed by atoms with Gasteiger partial charge in [-0.25, -0.2) is 4.57 Å². The van der Waals surface area contributed by atoms with Crippen LogP contribution in [0.2, 0.25) is 0 Å². The second-order valence-electron chi connectivity index (χ2n) is 13.8. The van der Waals surface area contributed by atoms with Gasteiger partial charge in [0.05, 0.1) is 19.8 Å². The van der Waals surface area contributed by atoms with E-state index in [1.54, 1.807) is 0 Å². The minimum absolute atomic E-state index is 0.0959. The Bertz CT molecular complexity index is 879. The van der Waals surface area contributed by atoms with E-state index in [0.29, 0.717) is 6.61 Å². The number of phosphoric ester groups is 1. The Labute approximate surface area is 314 Å². The topological polar surface area (TPSA) is 117 Å². The molecule has 0 aromatic carbocycles. The summed E-state index contributed by atoms with van der Waals surface area (Å²) >= 11 is 0. The minimum atomic E-state index is -4.28. The van der Waals surface area contributed by atoms with E-state index in [9.17, 15) is 14.3 Å². The molecule has 0 heterocycles. The first-order valence-corrected chi connectivity index (χ1v) is 22.5. The number of nitrogens with two attached hydrogens (primary N) is 1. The number of rotatable bonds is 40. The van der Waals surface area contributed by atoms with Crippen molar-refractivity contribution in [1.29, 1.82) is 0 Å². The van der Waals surface area contributed by atoms with Gasteiger partial charge in [-0.1, -0.05) is 172 Å². The van der Waals surface area contributed by atoms with E-state index in [-0.39, 0.29) is 38.8 Å². The third-order valence-electron chi connectivity index (χ3n) is 8.82. The molecule has 0 amide bonds. The van der Waals surface area contributed by atoms with Gasteiger partial charge in [0.1, 0.15) is 6.10 Å². The molecule has 8 nitrogen and oxygen atoms in total. The number of hydrogen-bond donors (Lipinski definition) is 2. The average molecular weight is 742 g/mol. The molecule has 0 rings (SSSR count). The molecule has 0 aromatic rings. The van der Waals surface area contributed by atoms with Crippen LogP contribution in [-0.2, 0) is 27.9 Å². The van der Waals surface area contributed by atoms with Crippen LogP contribution in [0.3, 0.4) is 0 Å². The fourth-order valence-corrected chi connectivity index (χ4v) is 6.54. The van der Waals surface area contributed by atoms with Crippen LogP contribution in [0.4, 0.5) is 0 Å². The molecule has 0 radical (unpaired) electrons. The Balaban J connectivity index is 4.02. The molecule has 2 atom stereocenters.